The highest BCUT2D eigenvalue weighted by Gasteiger charge is 2.29. The Hall–Kier alpha value is -1.46. The molecule has 0 saturated heterocycles. The van der Waals surface area contributed by atoms with E-state index in [0.29, 0.717) is 18.0 Å². The first-order valence-electron chi connectivity index (χ1n) is 6.47. The van der Waals surface area contributed by atoms with Crippen molar-refractivity contribution >= 4 is 5.97 Å². The van der Waals surface area contributed by atoms with E-state index in [1.54, 1.807) is 0 Å². The highest BCUT2D eigenvalue weighted by Crippen LogP contribution is 2.26. The number of hydrogen-bond acceptors (Lipinski definition) is 3. The topological polar surface area (TPSA) is 69.6 Å². The molecule has 19 heavy (non-hydrogen) atoms. The van der Waals surface area contributed by atoms with Crippen LogP contribution in [-0.4, -0.2) is 28.3 Å². The van der Waals surface area contributed by atoms with E-state index in [1.807, 2.05) is 0 Å². The SMILES string of the molecule is O=C(O)CCC(NC1CC1)C(O)c1ccc(F)cc1. The average molecular weight is 267 g/mol. The van der Waals surface area contributed by atoms with E-state index in [0.717, 1.165) is 12.8 Å². The van der Waals surface area contributed by atoms with Crippen LogP contribution in [0.25, 0.3) is 0 Å². The van der Waals surface area contributed by atoms with Crippen LogP contribution in [0.1, 0.15) is 37.4 Å². The minimum atomic E-state index is -0.881. The second-order valence-electron chi connectivity index (χ2n) is 4.98. The first-order valence-corrected chi connectivity index (χ1v) is 6.47. The van der Waals surface area contributed by atoms with Gasteiger partial charge >= 0.3 is 5.97 Å². The van der Waals surface area contributed by atoms with E-state index in [1.165, 1.54) is 24.3 Å². The summed E-state index contributed by atoms with van der Waals surface area (Å²) in [5, 5.41) is 22.3. The summed E-state index contributed by atoms with van der Waals surface area (Å²) in [6.07, 6.45) is 1.65. The molecule has 0 heterocycles. The van der Waals surface area contributed by atoms with Gasteiger partial charge in [0.2, 0.25) is 0 Å². The van der Waals surface area contributed by atoms with Gasteiger partial charge in [0.25, 0.3) is 0 Å². The zero-order valence-corrected chi connectivity index (χ0v) is 10.6. The van der Waals surface area contributed by atoms with Crippen LogP contribution in [0.2, 0.25) is 0 Å². The molecule has 3 N–H and O–H groups in total. The number of rotatable bonds is 7. The number of carboxylic acid groups (broad SMARTS) is 1. The van der Waals surface area contributed by atoms with Gasteiger partial charge in [-0.25, -0.2) is 4.39 Å². The van der Waals surface area contributed by atoms with Crippen molar-refractivity contribution in [1.29, 1.82) is 0 Å². The number of carboxylic acids is 1. The number of benzene rings is 1. The van der Waals surface area contributed by atoms with Gasteiger partial charge in [0.05, 0.1) is 6.10 Å². The number of hydrogen-bond donors (Lipinski definition) is 3. The zero-order chi connectivity index (χ0) is 13.8. The van der Waals surface area contributed by atoms with Gasteiger partial charge in [-0.2, -0.15) is 0 Å². The molecule has 104 valence electrons. The van der Waals surface area contributed by atoms with Gasteiger partial charge in [-0.1, -0.05) is 12.1 Å². The van der Waals surface area contributed by atoms with E-state index in [9.17, 15) is 14.3 Å². The predicted molar refractivity (Wildman–Crippen MR) is 68.2 cm³/mol. The van der Waals surface area contributed by atoms with Crippen LogP contribution < -0.4 is 5.32 Å². The first-order chi connectivity index (χ1) is 9.06. The molecule has 0 radical (unpaired) electrons. The molecule has 5 heteroatoms. The highest BCUT2D eigenvalue weighted by molar-refractivity contribution is 5.66. The lowest BCUT2D eigenvalue weighted by Gasteiger charge is -2.24. The summed E-state index contributed by atoms with van der Waals surface area (Å²) < 4.78 is 12.9. The second-order valence-corrected chi connectivity index (χ2v) is 4.98. The van der Waals surface area contributed by atoms with Gasteiger partial charge in [0.15, 0.2) is 0 Å². The number of aliphatic carboxylic acids is 1. The smallest absolute Gasteiger partial charge is 0.303 e. The molecule has 4 nitrogen and oxygen atoms in total. The highest BCUT2D eigenvalue weighted by atomic mass is 19.1. The minimum absolute atomic E-state index is 0.00262. The maximum Gasteiger partial charge on any atom is 0.303 e. The Morgan fingerprint density at radius 3 is 2.53 bits per heavy atom. The van der Waals surface area contributed by atoms with Crippen LogP contribution in [-0.2, 0) is 4.79 Å². The predicted octanol–water partition coefficient (Wildman–Crippen LogP) is 1.84. The fraction of sp³-hybridized carbons (Fsp3) is 0.500. The Morgan fingerprint density at radius 2 is 2.00 bits per heavy atom. The van der Waals surface area contributed by atoms with Crippen molar-refractivity contribution in [1.82, 2.24) is 5.32 Å². The molecule has 0 bridgehead atoms. The Morgan fingerprint density at radius 1 is 1.37 bits per heavy atom. The molecule has 1 aliphatic carbocycles. The van der Waals surface area contributed by atoms with Gasteiger partial charge in [-0.15, -0.1) is 0 Å². The van der Waals surface area contributed by atoms with Crippen LogP contribution in [0, 0.1) is 5.82 Å². The summed E-state index contributed by atoms with van der Waals surface area (Å²) in [7, 11) is 0. The third-order valence-electron chi connectivity index (χ3n) is 3.29. The van der Waals surface area contributed by atoms with E-state index >= 15 is 0 Å². The maximum atomic E-state index is 12.9. The van der Waals surface area contributed by atoms with E-state index in [4.69, 9.17) is 5.11 Å². The second kappa shape index (κ2) is 6.12. The number of aliphatic hydroxyl groups excluding tert-OH is 1. The summed E-state index contributed by atoms with van der Waals surface area (Å²) in [6, 6.07) is 5.71. The molecule has 1 aromatic carbocycles. The molecular formula is C14H18FNO3. The van der Waals surface area contributed by atoms with Crippen LogP contribution in [0.4, 0.5) is 4.39 Å². The minimum Gasteiger partial charge on any atom is -0.481 e. The van der Waals surface area contributed by atoms with Crippen LogP contribution in [0.5, 0.6) is 0 Å². The molecule has 1 saturated carbocycles. The van der Waals surface area contributed by atoms with Gasteiger partial charge in [0, 0.05) is 18.5 Å². The lowest BCUT2D eigenvalue weighted by molar-refractivity contribution is -0.137. The van der Waals surface area contributed by atoms with Gasteiger partial charge < -0.3 is 15.5 Å². The van der Waals surface area contributed by atoms with E-state index in [2.05, 4.69) is 5.32 Å². The number of nitrogens with one attached hydrogen (secondary N) is 1. The Kier molecular flexibility index (Phi) is 4.50. The molecule has 2 atom stereocenters. The third-order valence-corrected chi connectivity index (χ3v) is 3.29. The van der Waals surface area contributed by atoms with Crippen molar-refractivity contribution in [2.75, 3.05) is 0 Å². The normalized spacial score (nSPS) is 18.0. The average Bonchev–Trinajstić information content (AvgIpc) is 3.18. The van der Waals surface area contributed by atoms with Gasteiger partial charge in [0.1, 0.15) is 5.82 Å². The first kappa shape index (κ1) is 14.0. The fourth-order valence-electron chi connectivity index (χ4n) is 2.06. The lowest BCUT2D eigenvalue weighted by atomic mass is 9.98. The molecule has 0 spiro atoms. The van der Waals surface area contributed by atoms with Crippen molar-refractivity contribution in [3.05, 3.63) is 35.6 Å². The summed E-state index contributed by atoms with van der Waals surface area (Å²) in [5.41, 5.74) is 0.602. The molecule has 0 amide bonds. The molecule has 1 aliphatic rings. The molecule has 2 rings (SSSR count). The van der Waals surface area contributed by atoms with Crippen molar-refractivity contribution in [3.8, 4) is 0 Å². The van der Waals surface area contributed by atoms with Crippen molar-refractivity contribution in [2.24, 2.45) is 0 Å². The molecule has 0 aromatic heterocycles. The van der Waals surface area contributed by atoms with E-state index < -0.39 is 12.1 Å². The fourth-order valence-corrected chi connectivity index (χ4v) is 2.06. The third kappa shape index (κ3) is 4.29. The Balaban J connectivity index is 2.02. The van der Waals surface area contributed by atoms with Crippen LogP contribution >= 0.6 is 0 Å². The number of carbonyl (C=O) groups is 1. The molecular weight excluding hydrogens is 249 g/mol. The molecule has 0 aliphatic heterocycles. The summed E-state index contributed by atoms with van der Waals surface area (Å²) in [6.45, 7) is 0. The van der Waals surface area contributed by atoms with Crippen LogP contribution in [0.3, 0.4) is 0 Å². The van der Waals surface area contributed by atoms with Crippen molar-refractivity contribution < 1.29 is 19.4 Å². The van der Waals surface area contributed by atoms with Crippen molar-refractivity contribution in [2.45, 2.75) is 43.9 Å². The quantitative estimate of drug-likeness (QED) is 0.705. The lowest BCUT2D eigenvalue weighted by Crippen LogP contribution is -2.37. The molecule has 2 unspecified atom stereocenters. The van der Waals surface area contributed by atoms with Gasteiger partial charge in [-0.3, -0.25) is 4.79 Å². The van der Waals surface area contributed by atoms with Crippen LogP contribution in [0.15, 0.2) is 24.3 Å². The Labute approximate surface area is 111 Å². The Bertz CT molecular complexity index is 431. The monoisotopic (exact) mass is 267 g/mol. The molecule has 1 aromatic rings. The summed E-state index contributed by atoms with van der Waals surface area (Å²) in [4.78, 5) is 10.6. The zero-order valence-electron chi connectivity index (χ0n) is 10.6. The maximum absolute atomic E-state index is 12.9. The standard InChI is InChI=1S/C14H18FNO3/c15-10-3-1-9(2-4-10)14(19)12(7-8-13(17)18)16-11-5-6-11/h1-4,11-12,14,16,19H,5-8H2,(H,17,18). The largest absolute Gasteiger partial charge is 0.481 e. The van der Waals surface area contributed by atoms with E-state index in [-0.39, 0.29) is 18.3 Å². The van der Waals surface area contributed by atoms with Crippen molar-refractivity contribution in [3.63, 3.8) is 0 Å². The summed E-state index contributed by atoms with van der Waals surface area (Å²) in [5.74, 6) is -1.23. The summed E-state index contributed by atoms with van der Waals surface area (Å²) >= 11 is 0. The van der Waals surface area contributed by atoms with Gasteiger partial charge in [-0.05, 0) is 37.0 Å². The number of aliphatic hydroxyl groups is 1. The number of halogens is 1. The molecule has 1 fully saturated rings.